The number of para-hydroxylation sites is 1. The van der Waals surface area contributed by atoms with Crippen molar-refractivity contribution in [2.24, 2.45) is 11.5 Å². The molecule has 1 atom stereocenters. The van der Waals surface area contributed by atoms with E-state index in [-0.39, 0.29) is 6.04 Å². The maximum absolute atomic E-state index is 11.3. The lowest BCUT2D eigenvalue weighted by molar-refractivity contribution is 0.0998. The fourth-order valence-corrected chi connectivity index (χ4v) is 1.70. The van der Waals surface area contributed by atoms with E-state index in [2.05, 4.69) is 4.98 Å². The van der Waals surface area contributed by atoms with Gasteiger partial charge in [0.2, 0.25) is 5.88 Å². The molecule has 1 heterocycles. The molecule has 1 aromatic carbocycles. The normalized spacial score (nSPS) is 11.9. The minimum absolute atomic E-state index is 0.218. The van der Waals surface area contributed by atoms with Gasteiger partial charge in [-0.1, -0.05) is 18.2 Å². The number of primary amides is 1. The van der Waals surface area contributed by atoms with E-state index in [1.807, 2.05) is 13.0 Å². The van der Waals surface area contributed by atoms with E-state index >= 15 is 0 Å². The van der Waals surface area contributed by atoms with E-state index in [4.69, 9.17) is 16.2 Å². The van der Waals surface area contributed by atoms with Crippen LogP contribution in [-0.4, -0.2) is 10.9 Å². The number of hydrogen-bond acceptors (Lipinski definition) is 4. The van der Waals surface area contributed by atoms with Gasteiger partial charge in [-0.25, -0.2) is 4.98 Å². The second-order valence-corrected chi connectivity index (χ2v) is 4.15. The molecule has 0 spiro atoms. The first-order chi connectivity index (χ1) is 9.09. The van der Waals surface area contributed by atoms with Crippen LogP contribution < -0.4 is 16.2 Å². The van der Waals surface area contributed by atoms with Crippen LogP contribution in [0, 0.1) is 0 Å². The maximum Gasteiger partial charge on any atom is 0.252 e. The van der Waals surface area contributed by atoms with E-state index < -0.39 is 5.91 Å². The van der Waals surface area contributed by atoms with Crippen LogP contribution in [0.4, 0.5) is 0 Å². The summed E-state index contributed by atoms with van der Waals surface area (Å²) < 4.78 is 5.67. The van der Waals surface area contributed by atoms with Gasteiger partial charge in [-0.15, -0.1) is 0 Å². The first kappa shape index (κ1) is 13.0. The summed E-state index contributed by atoms with van der Waals surface area (Å²) in [7, 11) is 0. The molecular formula is C14H15N3O2. The summed E-state index contributed by atoms with van der Waals surface area (Å²) >= 11 is 0. The summed E-state index contributed by atoms with van der Waals surface area (Å²) in [6, 6.07) is 10.1. The van der Waals surface area contributed by atoms with Gasteiger partial charge < -0.3 is 16.2 Å². The Kier molecular flexibility index (Phi) is 3.77. The van der Waals surface area contributed by atoms with Crippen molar-refractivity contribution in [1.29, 1.82) is 0 Å². The first-order valence-electron chi connectivity index (χ1n) is 5.86. The highest BCUT2D eigenvalue weighted by molar-refractivity contribution is 5.95. The van der Waals surface area contributed by atoms with Crippen molar-refractivity contribution < 1.29 is 9.53 Å². The van der Waals surface area contributed by atoms with E-state index in [0.29, 0.717) is 17.2 Å². The van der Waals surface area contributed by atoms with E-state index in [1.54, 1.807) is 36.5 Å². The average molecular weight is 257 g/mol. The molecule has 19 heavy (non-hydrogen) atoms. The van der Waals surface area contributed by atoms with E-state index in [9.17, 15) is 4.79 Å². The number of hydrogen-bond donors (Lipinski definition) is 2. The number of ether oxygens (including phenoxy) is 1. The van der Waals surface area contributed by atoms with Crippen LogP contribution in [0.1, 0.15) is 28.9 Å². The molecular weight excluding hydrogens is 242 g/mol. The number of rotatable bonds is 4. The summed E-state index contributed by atoms with van der Waals surface area (Å²) in [5, 5.41) is 0. The smallest absolute Gasteiger partial charge is 0.252 e. The number of benzene rings is 1. The number of aromatic nitrogens is 1. The molecule has 0 aliphatic carbocycles. The summed E-state index contributed by atoms with van der Waals surface area (Å²) in [6.07, 6.45) is 1.61. The third kappa shape index (κ3) is 2.89. The predicted octanol–water partition coefficient (Wildman–Crippen LogP) is 1.99. The molecule has 1 aromatic heterocycles. The molecule has 0 unspecified atom stereocenters. The Balaban J connectivity index is 2.39. The number of amides is 1. The van der Waals surface area contributed by atoms with Crippen molar-refractivity contribution in [3.05, 3.63) is 53.7 Å². The number of nitrogens with two attached hydrogens (primary N) is 2. The second-order valence-electron chi connectivity index (χ2n) is 4.15. The molecule has 0 saturated carbocycles. The van der Waals surface area contributed by atoms with E-state index in [1.165, 1.54) is 0 Å². The average Bonchev–Trinajstić information content (AvgIpc) is 2.39. The molecule has 5 heteroatoms. The molecule has 0 aliphatic heterocycles. The van der Waals surface area contributed by atoms with Gasteiger partial charge in [0.05, 0.1) is 5.56 Å². The summed E-state index contributed by atoms with van der Waals surface area (Å²) in [5.74, 6) is 0.204. The first-order valence-corrected chi connectivity index (χ1v) is 5.86. The zero-order valence-electron chi connectivity index (χ0n) is 10.5. The zero-order chi connectivity index (χ0) is 13.8. The minimum Gasteiger partial charge on any atom is -0.438 e. The quantitative estimate of drug-likeness (QED) is 0.876. The Morgan fingerprint density at radius 3 is 2.68 bits per heavy atom. The van der Waals surface area contributed by atoms with Gasteiger partial charge >= 0.3 is 0 Å². The summed E-state index contributed by atoms with van der Waals surface area (Å²) in [5.41, 5.74) is 12.2. The van der Waals surface area contributed by atoms with Crippen LogP contribution in [0.2, 0.25) is 0 Å². The van der Waals surface area contributed by atoms with Gasteiger partial charge in [-0.05, 0) is 25.1 Å². The lowest BCUT2D eigenvalue weighted by Crippen LogP contribution is -2.13. The van der Waals surface area contributed by atoms with Crippen molar-refractivity contribution in [3.63, 3.8) is 0 Å². The molecule has 0 radical (unpaired) electrons. The molecule has 1 amide bonds. The molecule has 0 saturated heterocycles. The fourth-order valence-electron chi connectivity index (χ4n) is 1.70. The van der Waals surface area contributed by atoms with Crippen LogP contribution in [0.25, 0.3) is 0 Å². The van der Waals surface area contributed by atoms with Gasteiger partial charge in [-0.2, -0.15) is 0 Å². The Morgan fingerprint density at radius 1 is 1.26 bits per heavy atom. The Morgan fingerprint density at radius 2 is 2.00 bits per heavy atom. The van der Waals surface area contributed by atoms with Crippen LogP contribution >= 0.6 is 0 Å². The molecule has 0 bridgehead atoms. The van der Waals surface area contributed by atoms with Crippen molar-refractivity contribution in [1.82, 2.24) is 4.98 Å². The second kappa shape index (κ2) is 5.49. The van der Waals surface area contributed by atoms with Crippen molar-refractivity contribution in [2.45, 2.75) is 13.0 Å². The lowest BCUT2D eigenvalue weighted by Gasteiger charge is -2.13. The van der Waals surface area contributed by atoms with Crippen LogP contribution in [0.15, 0.2) is 42.6 Å². The molecule has 2 rings (SSSR count). The number of nitrogens with zero attached hydrogens (tertiary/aromatic N) is 1. The molecule has 5 nitrogen and oxygen atoms in total. The Hall–Kier alpha value is -2.40. The highest BCUT2D eigenvalue weighted by Gasteiger charge is 2.13. The highest BCUT2D eigenvalue weighted by atomic mass is 16.5. The van der Waals surface area contributed by atoms with Crippen molar-refractivity contribution in [3.8, 4) is 11.6 Å². The third-order valence-corrected chi connectivity index (χ3v) is 2.65. The standard InChI is InChI=1S/C14H15N3O2/c1-9(15)10-6-4-8-17-14(10)19-12-7-3-2-5-11(12)13(16)18/h2-9H,15H2,1H3,(H2,16,18)/t9-/m1/s1. The molecule has 2 aromatic rings. The predicted molar refractivity (Wildman–Crippen MR) is 71.9 cm³/mol. The van der Waals surface area contributed by atoms with Crippen LogP contribution in [0.5, 0.6) is 11.6 Å². The topological polar surface area (TPSA) is 91.2 Å². The van der Waals surface area contributed by atoms with Gasteiger partial charge in [0.25, 0.3) is 5.91 Å². The van der Waals surface area contributed by atoms with Crippen molar-refractivity contribution >= 4 is 5.91 Å². The molecule has 4 N–H and O–H groups in total. The minimum atomic E-state index is -0.547. The lowest BCUT2D eigenvalue weighted by atomic mass is 10.1. The maximum atomic E-state index is 11.3. The van der Waals surface area contributed by atoms with Crippen molar-refractivity contribution in [2.75, 3.05) is 0 Å². The fraction of sp³-hybridized carbons (Fsp3) is 0.143. The zero-order valence-corrected chi connectivity index (χ0v) is 10.5. The van der Waals surface area contributed by atoms with Crippen LogP contribution in [0.3, 0.4) is 0 Å². The largest absolute Gasteiger partial charge is 0.438 e. The van der Waals surface area contributed by atoms with Gasteiger partial charge in [0.1, 0.15) is 5.75 Å². The number of pyridine rings is 1. The molecule has 0 aliphatic rings. The van der Waals surface area contributed by atoms with Gasteiger partial charge in [0.15, 0.2) is 0 Å². The number of carbonyl (C=O) groups is 1. The Bertz CT molecular complexity index is 597. The third-order valence-electron chi connectivity index (χ3n) is 2.65. The monoisotopic (exact) mass is 257 g/mol. The van der Waals surface area contributed by atoms with Gasteiger partial charge in [-0.3, -0.25) is 4.79 Å². The summed E-state index contributed by atoms with van der Waals surface area (Å²) in [6.45, 7) is 1.84. The van der Waals surface area contributed by atoms with Gasteiger partial charge in [0, 0.05) is 17.8 Å². The molecule has 0 fully saturated rings. The van der Waals surface area contributed by atoms with Crippen LogP contribution in [-0.2, 0) is 0 Å². The molecule has 98 valence electrons. The summed E-state index contributed by atoms with van der Waals surface area (Å²) in [4.78, 5) is 15.5. The number of carbonyl (C=O) groups excluding carboxylic acids is 1. The SMILES string of the molecule is C[C@@H](N)c1cccnc1Oc1ccccc1C(N)=O. The van der Waals surface area contributed by atoms with E-state index in [0.717, 1.165) is 5.56 Å². The highest BCUT2D eigenvalue weighted by Crippen LogP contribution is 2.28. The Labute approximate surface area is 111 Å².